The van der Waals surface area contributed by atoms with Crippen molar-refractivity contribution in [2.75, 3.05) is 32.8 Å². The smallest absolute Gasteiger partial charge is 0.260 e. The number of unbranched alkanes of at least 4 members (excludes halogenated alkanes) is 1. The highest BCUT2D eigenvalue weighted by molar-refractivity contribution is 5.77. The summed E-state index contributed by atoms with van der Waals surface area (Å²) in [5, 5.41) is 7.23. The first kappa shape index (κ1) is 17.4. The van der Waals surface area contributed by atoms with Crippen molar-refractivity contribution in [2.45, 2.75) is 26.2 Å². The summed E-state index contributed by atoms with van der Waals surface area (Å²) < 4.78 is 10.8. The van der Waals surface area contributed by atoms with E-state index in [4.69, 9.17) is 9.26 Å². The molecule has 0 saturated carbocycles. The quantitative estimate of drug-likeness (QED) is 0.826. The number of rotatable bonds is 7. The van der Waals surface area contributed by atoms with Crippen molar-refractivity contribution in [2.24, 2.45) is 0 Å². The van der Waals surface area contributed by atoms with Crippen LogP contribution in [0.1, 0.15) is 25.7 Å². The fraction of sp³-hybridized carbons (Fsp3) is 0.500. The minimum absolute atomic E-state index is 0.0179. The molecule has 0 radical (unpaired) electrons. The van der Waals surface area contributed by atoms with Gasteiger partial charge in [-0.15, -0.1) is 0 Å². The Morgan fingerprint density at radius 1 is 1.28 bits per heavy atom. The van der Waals surface area contributed by atoms with E-state index in [0.717, 1.165) is 51.0 Å². The summed E-state index contributed by atoms with van der Waals surface area (Å²) in [5.41, 5.74) is 0.868. The zero-order chi connectivity index (χ0) is 17.5. The molecule has 1 aromatic heterocycles. The SMILES string of the molecule is CCCCc1nc(-c2ccc(OCC(=O)N3CCNCC3)cc2)no1. The Balaban J connectivity index is 1.53. The van der Waals surface area contributed by atoms with Crippen LogP contribution in [0.3, 0.4) is 0 Å². The molecule has 134 valence electrons. The van der Waals surface area contributed by atoms with E-state index in [1.54, 1.807) is 0 Å². The van der Waals surface area contributed by atoms with E-state index >= 15 is 0 Å². The number of aromatic nitrogens is 2. The van der Waals surface area contributed by atoms with Gasteiger partial charge in [0.2, 0.25) is 11.7 Å². The van der Waals surface area contributed by atoms with Crippen molar-refractivity contribution in [3.63, 3.8) is 0 Å². The maximum Gasteiger partial charge on any atom is 0.260 e. The minimum atomic E-state index is 0.0179. The van der Waals surface area contributed by atoms with Gasteiger partial charge in [-0.25, -0.2) is 0 Å². The van der Waals surface area contributed by atoms with Gasteiger partial charge < -0.3 is 19.5 Å². The Morgan fingerprint density at radius 3 is 2.76 bits per heavy atom. The number of nitrogens with one attached hydrogen (secondary N) is 1. The molecule has 1 aromatic carbocycles. The number of nitrogens with zero attached hydrogens (tertiary/aromatic N) is 3. The zero-order valence-corrected chi connectivity index (χ0v) is 14.5. The van der Waals surface area contributed by atoms with E-state index in [1.807, 2.05) is 29.2 Å². The predicted molar refractivity (Wildman–Crippen MR) is 93.3 cm³/mol. The van der Waals surface area contributed by atoms with E-state index in [-0.39, 0.29) is 12.5 Å². The van der Waals surface area contributed by atoms with Gasteiger partial charge in [0.1, 0.15) is 5.75 Å². The van der Waals surface area contributed by atoms with Crippen LogP contribution in [0.4, 0.5) is 0 Å². The topological polar surface area (TPSA) is 80.5 Å². The van der Waals surface area contributed by atoms with Crippen LogP contribution in [-0.4, -0.2) is 53.7 Å². The molecule has 25 heavy (non-hydrogen) atoms. The lowest BCUT2D eigenvalue weighted by atomic mass is 10.2. The molecule has 3 rings (SSSR count). The highest BCUT2D eigenvalue weighted by atomic mass is 16.5. The van der Waals surface area contributed by atoms with Crippen molar-refractivity contribution >= 4 is 5.91 Å². The number of piperazine rings is 1. The fourth-order valence-electron chi connectivity index (χ4n) is 2.65. The standard InChI is InChI=1S/C18H24N4O3/c1-2-3-4-16-20-18(21-25-16)14-5-7-15(8-6-14)24-13-17(23)22-11-9-19-10-12-22/h5-8,19H,2-4,9-13H2,1H3. The van der Waals surface area contributed by atoms with Gasteiger partial charge >= 0.3 is 0 Å². The van der Waals surface area contributed by atoms with Crippen LogP contribution in [0, 0.1) is 0 Å². The number of carbonyl (C=O) groups excluding carboxylic acids is 1. The number of amides is 1. The predicted octanol–water partition coefficient (Wildman–Crippen LogP) is 1.89. The second-order valence-electron chi connectivity index (χ2n) is 6.06. The van der Waals surface area contributed by atoms with Crippen molar-refractivity contribution in [1.82, 2.24) is 20.4 Å². The third-order valence-corrected chi connectivity index (χ3v) is 4.16. The van der Waals surface area contributed by atoms with Crippen LogP contribution in [0.25, 0.3) is 11.4 Å². The molecular formula is C18H24N4O3. The second kappa shape index (κ2) is 8.62. The molecule has 1 amide bonds. The monoisotopic (exact) mass is 344 g/mol. The molecular weight excluding hydrogens is 320 g/mol. The molecule has 1 fully saturated rings. The van der Waals surface area contributed by atoms with Crippen LogP contribution in [0.2, 0.25) is 0 Å². The highest BCUT2D eigenvalue weighted by Crippen LogP contribution is 2.20. The van der Waals surface area contributed by atoms with Crippen molar-refractivity contribution in [3.8, 4) is 17.1 Å². The van der Waals surface area contributed by atoms with Gasteiger partial charge in [-0.1, -0.05) is 18.5 Å². The molecule has 0 bridgehead atoms. The average molecular weight is 344 g/mol. The lowest BCUT2D eigenvalue weighted by molar-refractivity contribution is -0.133. The summed E-state index contributed by atoms with van der Waals surface area (Å²) >= 11 is 0. The molecule has 7 heteroatoms. The van der Waals surface area contributed by atoms with Gasteiger partial charge in [-0.2, -0.15) is 4.98 Å². The summed E-state index contributed by atoms with van der Waals surface area (Å²) in [6.07, 6.45) is 2.94. The van der Waals surface area contributed by atoms with Crippen molar-refractivity contribution in [3.05, 3.63) is 30.2 Å². The Morgan fingerprint density at radius 2 is 2.04 bits per heavy atom. The summed E-state index contributed by atoms with van der Waals surface area (Å²) in [4.78, 5) is 18.3. The molecule has 7 nitrogen and oxygen atoms in total. The molecule has 0 aliphatic carbocycles. The molecule has 1 N–H and O–H groups in total. The zero-order valence-electron chi connectivity index (χ0n) is 14.5. The lowest BCUT2D eigenvalue weighted by Crippen LogP contribution is -2.47. The number of hydrogen-bond donors (Lipinski definition) is 1. The van der Waals surface area contributed by atoms with Gasteiger partial charge in [0.05, 0.1) is 0 Å². The maximum atomic E-state index is 12.1. The molecule has 1 aliphatic rings. The fourth-order valence-corrected chi connectivity index (χ4v) is 2.65. The molecule has 2 heterocycles. The number of aryl methyl sites for hydroxylation is 1. The van der Waals surface area contributed by atoms with Gasteiger partial charge in [-0.3, -0.25) is 4.79 Å². The number of hydrogen-bond acceptors (Lipinski definition) is 6. The van der Waals surface area contributed by atoms with Crippen LogP contribution in [0.15, 0.2) is 28.8 Å². The third kappa shape index (κ3) is 4.79. The van der Waals surface area contributed by atoms with E-state index in [9.17, 15) is 4.79 Å². The summed E-state index contributed by atoms with van der Waals surface area (Å²) in [6.45, 7) is 5.33. The van der Waals surface area contributed by atoms with Crippen LogP contribution >= 0.6 is 0 Å². The third-order valence-electron chi connectivity index (χ3n) is 4.16. The van der Waals surface area contributed by atoms with E-state index < -0.39 is 0 Å². The second-order valence-corrected chi connectivity index (χ2v) is 6.06. The molecule has 1 aliphatic heterocycles. The minimum Gasteiger partial charge on any atom is -0.484 e. The average Bonchev–Trinajstić information content (AvgIpc) is 3.14. The number of ether oxygens (including phenoxy) is 1. The first-order chi connectivity index (χ1) is 12.3. The molecule has 1 saturated heterocycles. The first-order valence-corrected chi connectivity index (χ1v) is 8.80. The van der Waals surface area contributed by atoms with Gasteiger partial charge in [0.15, 0.2) is 6.61 Å². The van der Waals surface area contributed by atoms with Crippen molar-refractivity contribution < 1.29 is 14.1 Å². The molecule has 2 aromatic rings. The van der Waals surface area contributed by atoms with Crippen molar-refractivity contribution in [1.29, 1.82) is 0 Å². The Hall–Kier alpha value is -2.41. The maximum absolute atomic E-state index is 12.1. The van der Waals surface area contributed by atoms with E-state index in [2.05, 4.69) is 22.4 Å². The van der Waals surface area contributed by atoms with Gasteiger partial charge in [0, 0.05) is 38.2 Å². The van der Waals surface area contributed by atoms with Gasteiger partial charge in [-0.05, 0) is 30.7 Å². The van der Waals surface area contributed by atoms with E-state index in [0.29, 0.717) is 17.5 Å². The Labute approximate surface area is 147 Å². The van der Waals surface area contributed by atoms with Crippen LogP contribution in [-0.2, 0) is 11.2 Å². The lowest BCUT2D eigenvalue weighted by Gasteiger charge is -2.27. The number of benzene rings is 1. The van der Waals surface area contributed by atoms with Gasteiger partial charge in [0.25, 0.3) is 5.91 Å². The number of carbonyl (C=O) groups is 1. The van der Waals surface area contributed by atoms with Crippen LogP contribution in [0.5, 0.6) is 5.75 Å². The normalized spacial score (nSPS) is 14.5. The summed E-state index contributed by atoms with van der Waals surface area (Å²) in [6, 6.07) is 7.39. The van der Waals surface area contributed by atoms with E-state index in [1.165, 1.54) is 0 Å². The highest BCUT2D eigenvalue weighted by Gasteiger charge is 2.16. The Bertz CT molecular complexity index is 678. The van der Waals surface area contributed by atoms with Crippen LogP contribution < -0.4 is 10.1 Å². The molecule has 0 unspecified atom stereocenters. The first-order valence-electron chi connectivity index (χ1n) is 8.80. The summed E-state index contributed by atoms with van der Waals surface area (Å²) in [7, 11) is 0. The molecule has 0 atom stereocenters. The Kier molecular flexibility index (Phi) is 6.00. The largest absolute Gasteiger partial charge is 0.484 e. The molecule has 0 spiro atoms. The summed E-state index contributed by atoms with van der Waals surface area (Å²) in [5.74, 6) is 1.92.